The molecule has 1 aromatic rings. The first kappa shape index (κ1) is 12.6. The van der Waals surface area contributed by atoms with Gasteiger partial charge in [-0.3, -0.25) is 4.79 Å². The highest BCUT2D eigenvalue weighted by atomic mass is 79.9. The number of hydrogen-bond acceptors (Lipinski definition) is 1. The third-order valence-corrected chi connectivity index (χ3v) is 3.74. The van der Waals surface area contributed by atoms with Gasteiger partial charge in [-0.25, -0.2) is 4.39 Å². The van der Waals surface area contributed by atoms with Crippen molar-refractivity contribution in [3.63, 3.8) is 0 Å². The summed E-state index contributed by atoms with van der Waals surface area (Å²) in [6.07, 6.45) is 3.09. The Labute approximate surface area is 109 Å². The maximum atomic E-state index is 13.5. The zero-order valence-electron chi connectivity index (χ0n) is 9.75. The molecular formula is C13H15BrFNO. The van der Waals surface area contributed by atoms with E-state index in [-0.39, 0.29) is 17.6 Å². The summed E-state index contributed by atoms with van der Waals surface area (Å²) in [5.41, 5.74) is 0.551. The molecule has 0 heterocycles. The summed E-state index contributed by atoms with van der Waals surface area (Å²) < 4.78 is 14.4. The Balaban J connectivity index is 2.04. The average Bonchev–Trinajstić information content (AvgIpc) is 2.21. The van der Waals surface area contributed by atoms with Gasteiger partial charge < -0.3 is 4.90 Å². The molecule has 0 aliphatic heterocycles. The molecule has 1 amide bonds. The summed E-state index contributed by atoms with van der Waals surface area (Å²) in [6.45, 7) is 0.334. The Morgan fingerprint density at radius 1 is 1.53 bits per heavy atom. The van der Waals surface area contributed by atoms with Crippen LogP contribution in [0, 0.1) is 11.7 Å². The standard InChI is InChI=1S/C13H15BrFNO/c1-16(13(17)9-3-2-4-9)8-10-7-11(14)5-6-12(10)15/h5-7,9H,2-4,8H2,1H3. The highest BCUT2D eigenvalue weighted by Gasteiger charge is 2.27. The molecule has 92 valence electrons. The second kappa shape index (κ2) is 5.17. The van der Waals surface area contributed by atoms with Crippen molar-refractivity contribution in [1.82, 2.24) is 4.90 Å². The third kappa shape index (κ3) is 2.86. The minimum Gasteiger partial charge on any atom is -0.341 e. The van der Waals surface area contributed by atoms with Gasteiger partial charge in [-0.05, 0) is 31.0 Å². The number of benzene rings is 1. The van der Waals surface area contributed by atoms with E-state index in [2.05, 4.69) is 15.9 Å². The molecule has 0 radical (unpaired) electrons. The van der Waals surface area contributed by atoms with E-state index in [0.29, 0.717) is 12.1 Å². The second-order valence-corrected chi connectivity index (χ2v) is 5.47. The molecule has 1 aliphatic carbocycles. The van der Waals surface area contributed by atoms with Crippen molar-refractivity contribution < 1.29 is 9.18 Å². The van der Waals surface area contributed by atoms with Crippen LogP contribution in [0.2, 0.25) is 0 Å². The molecule has 0 atom stereocenters. The third-order valence-electron chi connectivity index (χ3n) is 3.25. The maximum Gasteiger partial charge on any atom is 0.225 e. The Morgan fingerprint density at radius 2 is 2.24 bits per heavy atom. The SMILES string of the molecule is CN(Cc1cc(Br)ccc1F)C(=O)C1CCC1. The number of carbonyl (C=O) groups excluding carboxylic acids is 1. The largest absolute Gasteiger partial charge is 0.341 e. The molecule has 0 unspecified atom stereocenters. The minimum atomic E-state index is -0.263. The molecule has 0 N–H and O–H groups in total. The fourth-order valence-corrected chi connectivity index (χ4v) is 2.37. The number of rotatable bonds is 3. The maximum absolute atomic E-state index is 13.5. The van der Waals surface area contributed by atoms with Crippen molar-refractivity contribution in [2.24, 2.45) is 5.92 Å². The molecular weight excluding hydrogens is 285 g/mol. The molecule has 0 saturated heterocycles. The predicted molar refractivity (Wildman–Crippen MR) is 67.9 cm³/mol. The zero-order valence-corrected chi connectivity index (χ0v) is 11.3. The van der Waals surface area contributed by atoms with E-state index in [9.17, 15) is 9.18 Å². The molecule has 2 nitrogen and oxygen atoms in total. The van der Waals surface area contributed by atoms with Gasteiger partial charge in [0.1, 0.15) is 5.82 Å². The monoisotopic (exact) mass is 299 g/mol. The number of halogens is 2. The van der Waals surface area contributed by atoms with Crippen LogP contribution in [-0.4, -0.2) is 17.9 Å². The van der Waals surface area contributed by atoms with Crippen molar-refractivity contribution >= 4 is 21.8 Å². The predicted octanol–water partition coefficient (Wildman–Crippen LogP) is 3.35. The minimum absolute atomic E-state index is 0.135. The molecule has 0 bridgehead atoms. The topological polar surface area (TPSA) is 20.3 Å². The van der Waals surface area contributed by atoms with E-state index in [1.807, 2.05) is 0 Å². The van der Waals surface area contributed by atoms with Crippen molar-refractivity contribution in [3.8, 4) is 0 Å². The molecule has 17 heavy (non-hydrogen) atoms. The van der Waals surface area contributed by atoms with Crippen LogP contribution in [-0.2, 0) is 11.3 Å². The Hall–Kier alpha value is -0.900. The van der Waals surface area contributed by atoms with Crippen LogP contribution in [0.4, 0.5) is 4.39 Å². The molecule has 2 rings (SSSR count). The normalized spacial score (nSPS) is 15.5. The van der Waals surface area contributed by atoms with Crippen LogP contribution in [0.5, 0.6) is 0 Å². The molecule has 0 spiro atoms. The Bertz CT molecular complexity index is 431. The van der Waals surface area contributed by atoms with Gasteiger partial charge in [0.25, 0.3) is 0 Å². The number of carbonyl (C=O) groups is 1. The summed E-state index contributed by atoms with van der Waals surface area (Å²) in [5.74, 6) is 0.0345. The van der Waals surface area contributed by atoms with E-state index < -0.39 is 0 Å². The van der Waals surface area contributed by atoms with Gasteiger partial charge in [-0.2, -0.15) is 0 Å². The lowest BCUT2D eigenvalue weighted by Gasteiger charge is -2.29. The molecule has 1 saturated carbocycles. The Morgan fingerprint density at radius 3 is 2.82 bits per heavy atom. The lowest BCUT2D eigenvalue weighted by atomic mass is 9.84. The van der Waals surface area contributed by atoms with E-state index in [1.165, 1.54) is 6.07 Å². The van der Waals surface area contributed by atoms with Crippen LogP contribution < -0.4 is 0 Å². The zero-order chi connectivity index (χ0) is 12.4. The van der Waals surface area contributed by atoms with Crippen molar-refractivity contribution in [3.05, 3.63) is 34.1 Å². The lowest BCUT2D eigenvalue weighted by Crippen LogP contribution is -2.35. The molecule has 0 aromatic heterocycles. The number of amides is 1. The van der Waals surface area contributed by atoms with Crippen molar-refractivity contribution in [1.29, 1.82) is 0 Å². The van der Waals surface area contributed by atoms with Crippen LogP contribution in [0.15, 0.2) is 22.7 Å². The number of hydrogen-bond donors (Lipinski definition) is 0. The molecule has 1 aromatic carbocycles. The lowest BCUT2D eigenvalue weighted by molar-refractivity contribution is -0.137. The van der Waals surface area contributed by atoms with Gasteiger partial charge in [-0.1, -0.05) is 22.4 Å². The van der Waals surface area contributed by atoms with Gasteiger partial charge in [-0.15, -0.1) is 0 Å². The smallest absolute Gasteiger partial charge is 0.225 e. The van der Waals surface area contributed by atoms with Crippen LogP contribution >= 0.6 is 15.9 Å². The van der Waals surface area contributed by atoms with E-state index in [0.717, 1.165) is 23.7 Å². The van der Waals surface area contributed by atoms with Gasteiger partial charge in [0.05, 0.1) is 0 Å². The second-order valence-electron chi connectivity index (χ2n) is 4.56. The molecule has 1 aliphatic rings. The summed E-state index contributed by atoms with van der Waals surface area (Å²) >= 11 is 3.31. The number of nitrogens with zero attached hydrogens (tertiary/aromatic N) is 1. The summed E-state index contributed by atoms with van der Waals surface area (Å²) in [6, 6.07) is 4.80. The Kier molecular flexibility index (Phi) is 3.82. The quantitative estimate of drug-likeness (QED) is 0.838. The average molecular weight is 300 g/mol. The van der Waals surface area contributed by atoms with E-state index in [4.69, 9.17) is 0 Å². The summed E-state index contributed by atoms with van der Waals surface area (Å²) in [7, 11) is 1.74. The summed E-state index contributed by atoms with van der Waals surface area (Å²) in [5, 5.41) is 0. The highest BCUT2D eigenvalue weighted by molar-refractivity contribution is 9.10. The first-order valence-corrected chi connectivity index (χ1v) is 6.56. The van der Waals surface area contributed by atoms with E-state index in [1.54, 1.807) is 24.1 Å². The van der Waals surface area contributed by atoms with E-state index >= 15 is 0 Å². The van der Waals surface area contributed by atoms with Gasteiger partial charge >= 0.3 is 0 Å². The fraction of sp³-hybridized carbons (Fsp3) is 0.462. The van der Waals surface area contributed by atoms with Crippen molar-refractivity contribution in [2.75, 3.05) is 7.05 Å². The summed E-state index contributed by atoms with van der Waals surface area (Å²) in [4.78, 5) is 13.5. The molecule has 1 fully saturated rings. The van der Waals surface area contributed by atoms with Crippen molar-refractivity contribution in [2.45, 2.75) is 25.8 Å². The first-order chi connectivity index (χ1) is 8.08. The van der Waals surface area contributed by atoms with Gasteiger partial charge in [0.15, 0.2) is 0 Å². The van der Waals surface area contributed by atoms with Crippen LogP contribution in [0.3, 0.4) is 0 Å². The van der Waals surface area contributed by atoms with Crippen LogP contribution in [0.25, 0.3) is 0 Å². The van der Waals surface area contributed by atoms with Crippen LogP contribution in [0.1, 0.15) is 24.8 Å². The first-order valence-electron chi connectivity index (χ1n) is 5.77. The highest BCUT2D eigenvalue weighted by Crippen LogP contribution is 2.28. The fourth-order valence-electron chi connectivity index (χ4n) is 1.96. The van der Waals surface area contributed by atoms with Gasteiger partial charge in [0, 0.05) is 29.5 Å². The van der Waals surface area contributed by atoms with Gasteiger partial charge in [0.2, 0.25) is 5.91 Å². The molecule has 4 heteroatoms.